The van der Waals surface area contributed by atoms with Crippen molar-refractivity contribution in [1.29, 1.82) is 0 Å². The maximum atomic E-state index is 11.9. The SMILES string of the molecule is CC1(C)Oc2ncnc(N)c2N=C1c1ccc([C@H]2CC[C@H](P(C)(=O)O)CC2)cc1. The smallest absolute Gasteiger partial charge is 0.246 e. The van der Waals surface area contributed by atoms with Crippen LogP contribution < -0.4 is 10.5 Å². The van der Waals surface area contributed by atoms with E-state index in [4.69, 9.17) is 15.5 Å². The van der Waals surface area contributed by atoms with Gasteiger partial charge in [0.05, 0.1) is 5.71 Å². The zero-order valence-corrected chi connectivity index (χ0v) is 17.9. The predicted molar refractivity (Wildman–Crippen MR) is 115 cm³/mol. The largest absolute Gasteiger partial charge is 0.463 e. The van der Waals surface area contributed by atoms with Gasteiger partial charge in [0.25, 0.3) is 0 Å². The molecule has 3 N–H and O–H groups in total. The molecule has 0 radical (unpaired) electrons. The molecule has 1 aliphatic carbocycles. The number of ether oxygens (including phenoxy) is 1. The highest BCUT2D eigenvalue weighted by Crippen LogP contribution is 2.51. The monoisotopic (exact) mass is 414 g/mol. The molecule has 4 rings (SSSR count). The Morgan fingerprint density at radius 3 is 2.41 bits per heavy atom. The summed E-state index contributed by atoms with van der Waals surface area (Å²) >= 11 is 0. The van der Waals surface area contributed by atoms with E-state index in [2.05, 4.69) is 34.2 Å². The number of benzene rings is 1. The number of aliphatic imine (C=N–C) groups is 1. The van der Waals surface area contributed by atoms with E-state index in [-0.39, 0.29) is 5.66 Å². The summed E-state index contributed by atoms with van der Waals surface area (Å²) in [5, 5.41) is 0. The van der Waals surface area contributed by atoms with Gasteiger partial charge in [0, 0.05) is 17.9 Å². The van der Waals surface area contributed by atoms with Crippen LogP contribution in [0.2, 0.25) is 0 Å². The van der Waals surface area contributed by atoms with Crippen molar-refractivity contribution in [1.82, 2.24) is 9.97 Å². The van der Waals surface area contributed by atoms with Crippen LogP contribution in [-0.4, -0.2) is 38.5 Å². The molecule has 0 amide bonds. The molecule has 0 saturated heterocycles. The second kappa shape index (κ2) is 7.22. The van der Waals surface area contributed by atoms with Gasteiger partial charge < -0.3 is 15.4 Å². The van der Waals surface area contributed by atoms with Crippen molar-refractivity contribution in [3.63, 3.8) is 0 Å². The summed E-state index contributed by atoms with van der Waals surface area (Å²) in [7, 11) is -2.98. The van der Waals surface area contributed by atoms with E-state index >= 15 is 0 Å². The predicted octanol–water partition coefficient (Wildman–Crippen LogP) is 4.28. The number of aromatic nitrogens is 2. The van der Waals surface area contributed by atoms with Gasteiger partial charge in [-0.05, 0) is 51.0 Å². The second-order valence-corrected chi connectivity index (χ2v) is 11.2. The molecule has 7 nitrogen and oxygen atoms in total. The lowest BCUT2D eigenvalue weighted by atomic mass is 9.83. The standard InChI is InChI=1S/C21H27N4O3P/c1-21(2)18(25-17-19(22)23-12-24-20(17)28-21)15-6-4-13(5-7-15)14-8-10-16(11-9-14)29(3,26)27/h4-7,12,14,16H,8-11H2,1-3H3,(H,26,27)(H2,22,23,24)/t14-,16-. The van der Waals surface area contributed by atoms with Crippen LogP contribution in [0.4, 0.5) is 11.5 Å². The van der Waals surface area contributed by atoms with Crippen LogP contribution in [0.3, 0.4) is 0 Å². The first-order valence-electron chi connectivity index (χ1n) is 9.94. The first-order chi connectivity index (χ1) is 13.6. The highest BCUT2D eigenvalue weighted by Gasteiger charge is 2.35. The van der Waals surface area contributed by atoms with E-state index in [9.17, 15) is 9.46 Å². The van der Waals surface area contributed by atoms with Gasteiger partial charge in [0.1, 0.15) is 11.9 Å². The number of nitrogen functional groups attached to an aromatic ring is 1. The molecule has 0 bridgehead atoms. The van der Waals surface area contributed by atoms with Crippen LogP contribution >= 0.6 is 7.37 Å². The molecular formula is C21H27N4O3P. The van der Waals surface area contributed by atoms with Crippen molar-refractivity contribution >= 4 is 24.6 Å². The van der Waals surface area contributed by atoms with E-state index in [1.54, 1.807) is 0 Å². The maximum absolute atomic E-state index is 11.9. The van der Waals surface area contributed by atoms with E-state index < -0.39 is 13.0 Å². The average molecular weight is 414 g/mol. The zero-order chi connectivity index (χ0) is 20.8. The Morgan fingerprint density at radius 1 is 1.14 bits per heavy atom. The summed E-state index contributed by atoms with van der Waals surface area (Å²) in [6, 6.07) is 8.38. The molecule has 8 heteroatoms. The summed E-state index contributed by atoms with van der Waals surface area (Å²) in [5.74, 6) is 1.12. The van der Waals surface area contributed by atoms with Crippen molar-refractivity contribution in [3.8, 4) is 5.88 Å². The molecule has 1 aliphatic heterocycles. The van der Waals surface area contributed by atoms with Crippen LogP contribution in [0.5, 0.6) is 5.88 Å². The van der Waals surface area contributed by atoms with Crippen LogP contribution in [-0.2, 0) is 4.57 Å². The van der Waals surface area contributed by atoms with Gasteiger partial charge in [-0.1, -0.05) is 24.3 Å². The third kappa shape index (κ3) is 3.94. The molecule has 154 valence electrons. The molecular weight excluding hydrogens is 387 g/mol. The van der Waals surface area contributed by atoms with Crippen LogP contribution in [0.25, 0.3) is 0 Å². The van der Waals surface area contributed by atoms with Crippen LogP contribution in [0, 0.1) is 0 Å². The fraction of sp³-hybridized carbons (Fsp3) is 0.476. The summed E-state index contributed by atoms with van der Waals surface area (Å²) in [4.78, 5) is 22.7. The van der Waals surface area contributed by atoms with Gasteiger partial charge in [0.15, 0.2) is 11.5 Å². The first-order valence-corrected chi connectivity index (χ1v) is 12.1. The molecule has 1 unspecified atom stereocenters. The topological polar surface area (TPSA) is 111 Å². The zero-order valence-electron chi connectivity index (χ0n) is 17.0. The van der Waals surface area contributed by atoms with Crippen molar-refractivity contribution in [2.24, 2.45) is 4.99 Å². The lowest BCUT2D eigenvalue weighted by molar-refractivity contribution is 0.171. The summed E-state index contributed by atoms with van der Waals surface area (Å²) in [6.45, 7) is 5.40. The minimum Gasteiger partial charge on any atom is -0.463 e. The molecule has 29 heavy (non-hydrogen) atoms. The number of nitrogens with two attached hydrogens (primary N) is 1. The maximum Gasteiger partial charge on any atom is 0.246 e. The lowest BCUT2D eigenvalue weighted by Crippen LogP contribution is -2.41. The minimum atomic E-state index is -2.98. The Balaban J connectivity index is 1.57. The molecule has 0 spiro atoms. The van der Waals surface area contributed by atoms with Crippen molar-refractivity contribution in [3.05, 3.63) is 41.7 Å². The van der Waals surface area contributed by atoms with Crippen molar-refractivity contribution in [2.75, 3.05) is 12.4 Å². The summed E-state index contributed by atoms with van der Waals surface area (Å²) < 4.78 is 18.0. The molecule has 2 aromatic rings. The molecule has 2 heterocycles. The molecule has 1 atom stereocenters. The summed E-state index contributed by atoms with van der Waals surface area (Å²) in [6.07, 6.45) is 4.88. The molecule has 1 saturated carbocycles. The Kier molecular flexibility index (Phi) is 4.99. The number of anilines is 1. The molecule has 1 fully saturated rings. The molecule has 1 aromatic heterocycles. The van der Waals surface area contributed by atoms with Gasteiger partial charge in [-0.2, -0.15) is 4.98 Å². The average Bonchev–Trinajstić information content (AvgIpc) is 2.67. The second-order valence-electron chi connectivity index (χ2n) is 8.56. The Bertz CT molecular complexity index is 989. The van der Waals surface area contributed by atoms with Crippen LogP contribution in [0.1, 0.15) is 56.6 Å². The third-order valence-corrected chi connectivity index (χ3v) is 7.86. The quantitative estimate of drug-likeness (QED) is 0.726. The Labute approximate surface area is 170 Å². The van der Waals surface area contributed by atoms with Crippen molar-refractivity contribution < 1.29 is 14.2 Å². The Morgan fingerprint density at radius 2 is 1.79 bits per heavy atom. The van der Waals surface area contributed by atoms with E-state index in [1.807, 2.05) is 13.8 Å². The molecule has 2 aliphatic rings. The van der Waals surface area contributed by atoms with Crippen molar-refractivity contribution in [2.45, 2.75) is 56.7 Å². The van der Waals surface area contributed by atoms with Gasteiger partial charge in [0.2, 0.25) is 13.2 Å². The number of hydrogen-bond donors (Lipinski definition) is 2. The van der Waals surface area contributed by atoms with Gasteiger partial charge in [-0.15, -0.1) is 0 Å². The number of rotatable bonds is 3. The fourth-order valence-electron chi connectivity index (χ4n) is 4.31. The summed E-state index contributed by atoms with van der Waals surface area (Å²) in [5.41, 5.74) is 8.74. The Hall–Kier alpha value is -2.24. The number of hydrogen-bond acceptors (Lipinski definition) is 6. The van der Waals surface area contributed by atoms with Gasteiger partial charge >= 0.3 is 0 Å². The minimum absolute atomic E-state index is 0.0553. The lowest BCUT2D eigenvalue weighted by Gasteiger charge is -2.32. The fourth-order valence-corrected chi connectivity index (χ4v) is 5.56. The van der Waals surface area contributed by atoms with E-state index in [0.717, 1.165) is 37.0 Å². The third-order valence-electron chi connectivity index (χ3n) is 5.99. The first kappa shape index (κ1) is 20.0. The normalized spacial score (nSPS) is 25.3. The highest BCUT2D eigenvalue weighted by molar-refractivity contribution is 7.57. The van der Waals surface area contributed by atoms with E-state index in [0.29, 0.717) is 23.3 Å². The van der Waals surface area contributed by atoms with Gasteiger partial charge in [-0.3, -0.25) is 4.57 Å². The number of nitrogens with zero attached hydrogens (tertiary/aromatic N) is 3. The highest BCUT2D eigenvalue weighted by atomic mass is 31.2. The number of fused-ring (bicyclic) bond motifs is 1. The van der Waals surface area contributed by atoms with Crippen LogP contribution in [0.15, 0.2) is 35.6 Å². The van der Waals surface area contributed by atoms with E-state index in [1.165, 1.54) is 18.6 Å². The van der Waals surface area contributed by atoms with Gasteiger partial charge in [-0.25, -0.2) is 9.98 Å². The molecule has 1 aromatic carbocycles.